The first-order valence-corrected chi connectivity index (χ1v) is 7.77. The van der Waals surface area contributed by atoms with E-state index in [1.807, 2.05) is 30.3 Å². The van der Waals surface area contributed by atoms with E-state index in [1.165, 1.54) is 0 Å². The van der Waals surface area contributed by atoms with E-state index in [0.717, 1.165) is 16.7 Å². The third-order valence-electron chi connectivity index (χ3n) is 4.11. The van der Waals surface area contributed by atoms with Crippen LogP contribution in [-0.2, 0) is 0 Å². The van der Waals surface area contributed by atoms with E-state index < -0.39 is 11.9 Å². The molecule has 0 saturated carbocycles. The summed E-state index contributed by atoms with van der Waals surface area (Å²) in [6.45, 7) is 0. The van der Waals surface area contributed by atoms with Crippen molar-refractivity contribution >= 4 is 11.9 Å². The Morgan fingerprint density at radius 3 is 1.28 bits per heavy atom. The predicted octanol–water partition coefficient (Wildman–Crippen LogP) is 4.26. The van der Waals surface area contributed by atoms with Crippen LogP contribution < -0.4 is 0 Å². The average Bonchev–Trinajstić information content (AvgIpc) is 2.64. The van der Waals surface area contributed by atoms with Crippen molar-refractivity contribution in [2.45, 2.75) is 5.92 Å². The fourth-order valence-electron chi connectivity index (χ4n) is 2.86. The summed E-state index contributed by atoms with van der Waals surface area (Å²) in [6, 6.07) is 23.3. The van der Waals surface area contributed by atoms with Gasteiger partial charge in [0, 0.05) is 5.92 Å². The van der Waals surface area contributed by atoms with Crippen LogP contribution in [0, 0.1) is 0 Å². The first-order chi connectivity index (χ1) is 12.1. The Morgan fingerprint density at radius 2 is 0.920 bits per heavy atom. The molecule has 3 aromatic carbocycles. The summed E-state index contributed by atoms with van der Waals surface area (Å²) in [6.07, 6.45) is 0. The lowest BCUT2D eigenvalue weighted by molar-refractivity contribution is 0.0686. The van der Waals surface area contributed by atoms with Crippen molar-refractivity contribution < 1.29 is 19.8 Å². The highest BCUT2D eigenvalue weighted by atomic mass is 16.4. The van der Waals surface area contributed by atoms with Gasteiger partial charge in [-0.25, -0.2) is 9.59 Å². The van der Waals surface area contributed by atoms with Crippen LogP contribution in [0.3, 0.4) is 0 Å². The summed E-state index contributed by atoms with van der Waals surface area (Å²) in [5, 5.41) is 18.2. The third-order valence-corrected chi connectivity index (χ3v) is 4.11. The Balaban J connectivity index is 2.07. The molecule has 4 nitrogen and oxygen atoms in total. The molecule has 0 atom stereocenters. The van der Waals surface area contributed by atoms with Crippen LogP contribution in [0.1, 0.15) is 43.3 Å². The Labute approximate surface area is 145 Å². The van der Waals surface area contributed by atoms with Gasteiger partial charge in [-0.1, -0.05) is 54.6 Å². The van der Waals surface area contributed by atoms with Crippen molar-refractivity contribution in [1.29, 1.82) is 0 Å². The van der Waals surface area contributed by atoms with Crippen LogP contribution >= 0.6 is 0 Å². The second kappa shape index (κ2) is 7.01. The molecule has 0 aromatic heterocycles. The zero-order chi connectivity index (χ0) is 17.8. The molecule has 0 spiro atoms. The van der Waals surface area contributed by atoms with E-state index in [2.05, 4.69) is 0 Å². The zero-order valence-corrected chi connectivity index (χ0v) is 13.3. The molecule has 25 heavy (non-hydrogen) atoms. The number of benzene rings is 3. The van der Waals surface area contributed by atoms with Crippen molar-refractivity contribution in [1.82, 2.24) is 0 Å². The lowest BCUT2D eigenvalue weighted by atomic mass is 9.84. The number of rotatable bonds is 5. The molecule has 0 fully saturated rings. The molecule has 4 heteroatoms. The quantitative estimate of drug-likeness (QED) is 0.685. The lowest BCUT2D eigenvalue weighted by Crippen LogP contribution is -2.05. The number of carbonyl (C=O) groups is 2. The molecule has 2 N–H and O–H groups in total. The maximum Gasteiger partial charge on any atom is 0.335 e. The summed E-state index contributed by atoms with van der Waals surface area (Å²) in [5.41, 5.74) is 3.40. The Bertz CT molecular complexity index is 824. The minimum atomic E-state index is -0.964. The molecule has 3 rings (SSSR count). The summed E-state index contributed by atoms with van der Waals surface area (Å²) in [7, 11) is 0. The molecule has 0 aliphatic carbocycles. The van der Waals surface area contributed by atoms with Gasteiger partial charge in [-0.15, -0.1) is 0 Å². The Morgan fingerprint density at radius 1 is 0.560 bits per heavy atom. The van der Waals surface area contributed by atoms with E-state index >= 15 is 0 Å². The Kier molecular flexibility index (Phi) is 4.61. The monoisotopic (exact) mass is 332 g/mol. The van der Waals surface area contributed by atoms with E-state index in [9.17, 15) is 9.59 Å². The fourth-order valence-corrected chi connectivity index (χ4v) is 2.86. The van der Waals surface area contributed by atoms with E-state index in [4.69, 9.17) is 10.2 Å². The van der Waals surface area contributed by atoms with Crippen molar-refractivity contribution in [2.24, 2.45) is 0 Å². The number of hydrogen-bond donors (Lipinski definition) is 2. The van der Waals surface area contributed by atoms with E-state index in [1.54, 1.807) is 48.5 Å². The highest BCUT2D eigenvalue weighted by molar-refractivity contribution is 5.88. The average molecular weight is 332 g/mol. The second-order valence-electron chi connectivity index (χ2n) is 5.70. The summed E-state index contributed by atoms with van der Waals surface area (Å²) >= 11 is 0. The zero-order valence-electron chi connectivity index (χ0n) is 13.3. The summed E-state index contributed by atoms with van der Waals surface area (Å²) in [5.74, 6) is -2.03. The maximum atomic E-state index is 11.1. The topological polar surface area (TPSA) is 74.6 Å². The fraction of sp³-hybridized carbons (Fsp3) is 0.0476. The summed E-state index contributed by atoms with van der Waals surface area (Å²) in [4.78, 5) is 22.1. The highest BCUT2D eigenvalue weighted by Gasteiger charge is 2.17. The SMILES string of the molecule is O=C(O)c1ccc(C(c2ccccc2)c2ccc(C(=O)O)cc2)cc1. The number of aromatic carboxylic acids is 2. The van der Waals surface area contributed by atoms with Gasteiger partial charge in [0.1, 0.15) is 0 Å². The van der Waals surface area contributed by atoms with Gasteiger partial charge in [0.25, 0.3) is 0 Å². The molecule has 0 aliphatic heterocycles. The second-order valence-corrected chi connectivity index (χ2v) is 5.70. The number of carboxylic acids is 2. The molecular weight excluding hydrogens is 316 g/mol. The smallest absolute Gasteiger partial charge is 0.335 e. The van der Waals surface area contributed by atoms with Crippen LogP contribution in [0.15, 0.2) is 78.9 Å². The first kappa shape index (κ1) is 16.5. The molecule has 0 saturated heterocycles. The van der Waals surface area contributed by atoms with E-state index in [-0.39, 0.29) is 17.0 Å². The van der Waals surface area contributed by atoms with Crippen molar-refractivity contribution in [2.75, 3.05) is 0 Å². The molecule has 3 aromatic rings. The molecule has 0 amide bonds. The van der Waals surface area contributed by atoms with Crippen LogP contribution in [0.25, 0.3) is 0 Å². The van der Waals surface area contributed by atoms with Crippen molar-refractivity contribution in [3.8, 4) is 0 Å². The minimum Gasteiger partial charge on any atom is -0.478 e. The first-order valence-electron chi connectivity index (χ1n) is 7.77. The van der Waals surface area contributed by atoms with Gasteiger partial charge >= 0.3 is 11.9 Å². The summed E-state index contributed by atoms with van der Waals surface area (Å²) < 4.78 is 0. The third kappa shape index (κ3) is 3.58. The lowest BCUT2D eigenvalue weighted by Gasteiger charge is -2.19. The van der Waals surface area contributed by atoms with Crippen molar-refractivity contribution in [3.63, 3.8) is 0 Å². The molecule has 0 bridgehead atoms. The largest absolute Gasteiger partial charge is 0.478 e. The maximum absolute atomic E-state index is 11.1. The van der Waals surface area contributed by atoms with Crippen LogP contribution in [0.5, 0.6) is 0 Å². The van der Waals surface area contributed by atoms with Crippen LogP contribution in [0.2, 0.25) is 0 Å². The predicted molar refractivity (Wildman–Crippen MR) is 94.2 cm³/mol. The van der Waals surface area contributed by atoms with Gasteiger partial charge in [-0.3, -0.25) is 0 Å². The molecule has 0 heterocycles. The van der Waals surface area contributed by atoms with Crippen LogP contribution in [-0.4, -0.2) is 22.2 Å². The standard InChI is InChI=1S/C21H16O4/c22-20(23)17-10-6-15(7-11-17)19(14-4-2-1-3-5-14)16-8-12-18(13-9-16)21(24)25/h1-13,19H,(H,22,23)(H,24,25). The van der Waals surface area contributed by atoms with Gasteiger partial charge in [0.15, 0.2) is 0 Å². The van der Waals surface area contributed by atoms with Gasteiger partial charge < -0.3 is 10.2 Å². The number of carboxylic acid groups (broad SMARTS) is 2. The van der Waals surface area contributed by atoms with Gasteiger partial charge in [-0.2, -0.15) is 0 Å². The minimum absolute atomic E-state index is 0.105. The van der Waals surface area contributed by atoms with Gasteiger partial charge in [0.05, 0.1) is 11.1 Å². The van der Waals surface area contributed by atoms with Gasteiger partial charge in [-0.05, 0) is 41.0 Å². The molecule has 124 valence electrons. The van der Waals surface area contributed by atoms with E-state index in [0.29, 0.717) is 0 Å². The molecule has 0 aliphatic rings. The van der Waals surface area contributed by atoms with Crippen LogP contribution in [0.4, 0.5) is 0 Å². The normalized spacial score (nSPS) is 10.6. The van der Waals surface area contributed by atoms with Crippen molar-refractivity contribution in [3.05, 3.63) is 107 Å². The number of hydrogen-bond acceptors (Lipinski definition) is 2. The van der Waals surface area contributed by atoms with Gasteiger partial charge in [0.2, 0.25) is 0 Å². The molecule has 0 unspecified atom stereocenters. The molecule has 0 radical (unpaired) electrons. The highest BCUT2D eigenvalue weighted by Crippen LogP contribution is 2.32. The Hall–Kier alpha value is -3.40. The molecular formula is C21H16O4.